The lowest BCUT2D eigenvalue weighted by Crippen LogP contribution is -1.84. The number of hydrogen-bond acceptors (Lipinski definition) is 0. The van der Waals surface area contributed by atoms with Crippen molar-refractivity contribution in [1.29, 1.82) is 0 Å². The molecule has 118 valence electrons. The van der Waals surface area contributed by atoms with Crippen molar-refractivity contribution in [3.63, 3.8) is 0 Å². The molecule has 3 aromatic rings. The molecular weight excluding hydrogens is 276 g/mol. The average Bonchev–Trinajstić information content (AvgIpc) is 2.55. The van der Waals surface area contributed by atoms with E-state index in [0.717, 1.165) is 5.92 Å². The van der Waals surface area contributed by atoms with E-state index in [1.54, 1.807) is 0 Å². The minimum atomic E-state index is 0.833. The van der Waals surface area contributed by atoms with Crippen molar-refractivity contribution in [3.8, 4) is 22.3 Å². The van der Waals surface area contributed by atoms with Gasteiger partial charge < -0.3 is 0 Å². The van der Waals surface area contributed by atoms with E-state index in [4.69, 9.17) is 0 Å². The van der Waals surface area contributed by atoms with E-state index in [1.807, 2.05) is 0 Å². The van der Waals surface area contributed by atoms with Gasteiger partial charge in [0.25, 0.3) is 0 Å². The van der Waals surface area contributed by atoms with Crippen molar-refractivity contribution < 1.29 is 0 Å². The Morgan fingerprint density at radius 2 is 0.870 bits per heavy atom. The highest BCUT2D eigenvalue weighted by atomic mass is 14.1. The maximum atomic E-state index is 2.26. The second-order valence-corrected chi connectivity index (χ2v) is 6.55. The van der Waals surface area contributed by atoms with Crippen LogP contribution in [-0.4, -0.2) is 0 Å². The smallest absolute Gasteiger partial charge is 0.0175 e. The molecule has 0 spiro atoms. The number of hydrogen-bond donors (Lipinski definition) is 0. The maximum Gasteiger partial charge on any atom is -0.0175 e. The molecule has 0 saturated carbocycles. The van der Waals surface area contributed by atoms with Crippen molar-refractivity contribution >= 4 is 0 Å². The first-order valence-corrected chi connectivity index (χ1v) is 8.29. The summed E-state index contributed by atoms with van der Waals surface area (Å²) in [7, 11) is 0. The predicted molar refractivity (Wildman–Crippen MR) is 103 cm³/mol. The molecule has 0 amide bonds. The molecule has 0 heteroatoms. The molecule has 3 aromatic carbocycles. The Balaban J connectivity index is 0.000000433. The van der Waals surface area contributed by atoms with Crippen LogP contribution < -0.4 is 0 Å². The van der Waals surface area contributed by atoms with Gasteiger partial charge >= 0.3 is 0 Å². The van der Waals surface area contributed by atoms with E-state index >= 15 is 0 Å². The summed E-state index contributed by atoms with van der Waals surface area (Å²) in [5, 5.41) is 0. The molecule has 0 aliphatic carbocycles. The van der Waals surface area contributed by atoms with Crippen molar-refractivity contribution in [2.24, 2.45) is 5.92 Å². The van der Waals surface area contributed by atoms with E-state index < -0.39 is 0 Å². The van der Waals surface area contributed by atoms with E-state index in [1.165, 1.54) is 27.8 Å². The van der Waals surface area contributed by atoms with Crippen LogP contribution in [0.5, 0.6) is 0 Å². The molecule has 0 aliphatic heterocycles. The Hall–Kier alpha value is -2.34. The Bertz CT molecular complexity index is 649. The summed E-state index contributed by atoms with van der Waals surface area (Å²) in [4.78, 5) is 0. The molecular formula is C23H26. The lowest BCUT2D eigenvalue weighted by molar-refractivity contribution is 0.737. The molecule has 23 heavy (non-hydrogen) atoms. The van der Waals surface area contributed by atoms with E-state index in [9.17, 15) is 0 Å². The lowest BCUT2D eigenvalue weighted by atomic mass is 9.97. The molecule has 0 heterocycles. The second-order valence-electron chi connectivity index (χ2n) is 6.55. The third-order valence-electron chi connectivity index (χ3n) is 3.29. The number of aryl methyl sites for hydroxylation is 1. The zero-order chi connectivity index (χ0) is 16.7. The monoisotopic (exact) mass is 302 g/mol. The van der Waals surface area contributed by atoms with Gasteiger partial charge in [0.15, 0.2) is 0 Å². The predicted octanol–water partition coefficient (Wildman–Crippen LogP) is 6.99. The summed E-state index contributed by atoms with van der Waals surface area (Å²) in [6, 6.07) is 27.8. The zero-order valence-electron chi connectivity index (χ0n) is 14.6. The van der Waals surface area contributed by atoms with Gasteiger partial charge in [0.1, 0.15) is 0 Å². The van der Waals surface area contributed by atoms with Gasteiger partial charge in [0, 0.05) is 0 Å². The summed E-state index contributed by atoms with van der Waals surface area (Å²) >= 11 is 0. The lowest BCUT2D eigenvalue weighted by Gasteiger charge is -2.08. The molecule has 0 radical (unpaired) electrons. The Morgan fingerprint density at radius 1 is 0.522 bits per heavy atom. The van der Waals surface area contributed by atoms with E-state index in [0.29, 0.717) is 0 Å². The van der Waals surface area contributed by atoms with Crippen LogP contribution in [0.3, 0.4) is 0 Å². The normalized spacial score (nSPS) is 10.1. The molecule has 0 aromatic heterocycles. The first-order chi connectivity index (χ1) is 11.1. The molecule has 0 N–H and O–H groups in total. The minimum absolute atomic E-state index is 0.833. The quantitative estimate of drug-likeness (QED) is 0.478. The van der Waals surface area contributed by atoms with Gasteiger partial charge in [0.05, 0.1) is 0 Å². The molecule has 0 fully saturated rings. The average molecular weight is 302 g/mol. The van der Waals surface area contributed by atoms with Gasteiger partial charge in [-0.3, -0.25) is 0 Å². The van der Waals surface area contributed by atoms with Gasteiger partial charge in [-0.1, -0.05) is 93.6 Å². The number of benzene rings is 3. The second kappa shape index (κ2) is 8.33. The summed E-state index contributed by atoms with van der Waals surface area (Å²) in [6.07, 6.45) is 0. The summed E-state index contributed by atoms with van der Waals surface area (Å²) in [5.74, 6) is 0.833. The van der Waals surface area contributed by atoms with Crippen molar-refractivity contribution in [2.75, 3.05) is 0 Å². The maximum absolute atomic E-state index is 2.26. The van der Waals surface area contributed by atoms with E-state index in [-0.39, 0.29) is 0 Å². The summed E-state index contributed by atoms with van der Waals surface area (Å²) < 4.78 is 0. The third kappa shape index (κ3) is 5.41. The van der Waals surface area contributed by atoms with Crippen molar-refractivity contribution in [1.82, 2.24) is 0 Å². The van der Waals surface area contributed by atoms with Crippen molar-refractivity contribution in [3.05, 3.63) is 84.4 Å². The molecule has 0 nitrogen and oxygen atoms in total. The van der Waals surface area contributed by atoms with Crippen LogP contribution >= 0.6 is 0 Å². The Labute approximate surface area is 140 Å². The first-order valence-electron chi connectivity index (χ1n) is 8.29. The fraction of sp³-hybridized carbons (Fsp3) is 0.217. The third-order valence-corrected chi connectivity index (χ3v) is 3.29. The minimum Gasteiger partial charge on any atom is -0.0630 e. The Kier molecular flexibility index (Phi) is 6.17. The van der Waals surface area contributed by atoms with Crippen LogP contribution in [0.2, 0.25) is 0 Å². The summed E-state index contributed by atoms with van der Waals surface area (Å²) in [6.45, 7) is 8.65. The molecule has 0 bridgehead atoms. The highest BCUT2D eigenvalue weighted by molar-refractivity contribution is 5.74. The molecule has 3 rings (SSSR count). The fourth-order valence-corrected chi connectivity index (χ4v) is 2.38. The fourth-order valence-electron chi connectivity index (χ4n) is 2.38. The zero-order valence-corrected chi connectivity index (χ0v) is 14.6. The largest absolute Gasteiger partial charge is 0.0630 e. The van der Waals surface area contributed by atoms with Gasteiger partial charge in [0.2, 0.25) is 0 Å². The molecule has 0 atom stereocenters. The highest BCUT2D eigenvalue weighted by Crippen LogP contribution is 2.27. The van der Waals surface area contributed by atoms with Crippen LogP contribution in [0.1, 0.15) is 26.3 Å². The topological polar surface area (TPSA) is 0 Å². The van der Waals surface area contributed by atoms with Crippen LogP contribution in [0, 0.1) is 12.8 Å². The standard InChI is InChI=1S/C19H16.C4H10/c1-15-12-18(16-8-4-2-5-9-16)14-19(13-15)17-10-6-3-7-11-17;1-4(2)3/h2-14H,1H3;4H,1-3H3. The van der Waals surface area contributed by atoms with Gasteiger partial charge in [-0.15, -0.1) is 0 Å². The van der Waals surface area contributed by atoms with Gasteiger partial charge in [-0.05, 0) is 46.7 Å². The number of rotatable bonds is 2. The van der Waals surface area contributed by atoms with Gasteiger partial charge in [-0.25, -0.2) is 0 Å². The summed E-state index contributed by atoms with van der Waals surface area (Å²) in [5.41, 5.74) is 6.38. The van der Waals surface area contributed by atoms with Crippen LogP contribution in [0.15, 0.2) is 78.9 Å². The van der Waals surface area contributed by atoms with Crippen LogP contribution in [0.25, 0.3) is 22.3 Å². The van der Waals surface area contributed by atoms with Crippen molar-refractivity contribution in [2.45, 2.75) is 27.7 Å². The van der Waals surface area contributed by atoms with Gasteiger partial charge in [-0.2, -0.15) is 0 Å². The van der Waals surface area contributed by atoms with Crippen LogP contribution in [0.4, 0.5) is 0 Å². The SMILES string of the molecule is CC(C)C.Cc1cc(-c2ccccc2)cc(-c2ccccc2)c1. The molecule has 0 saturated heterocycles. The molecule has 0 aliphatic rings. The first kappa shape index (κ1) is 17.0. The van der Waals surface area contributed by atoms with Crippen LogP contribution in [-0.2, 0) is 0 Å². The highest BCUT2D eigenvalue weighted by Gasteiger charge is 2.02. The molecule has 0 unspecified atom stereocenters. The van der Waals surface area contributed by atoms with E-state index in [2.05, 4.69) is 107 Å². The Morgan fingerprint density at radius 3 is 1.22 bits per heavy atom.